The van der Waals surface area contributed by atoms with Gasteiger partial charge in [-0.25, -0.2) is 8.42 Å². The van der Waals surface area contributed by atoms with Crippen molar-refractivity contribution < 1.29 is 17.7 Å². The van der Waals surface area contributed by atoms with E-state index in [0.717, 1.165) is 13.0 Å². The Labute approximate surface area is 130 Å². The maximum absolute atomic E-state index is 12.7. The average Bonchev–Trinajstić information content (AvgIpc) is 3.05. The Hall–Kier alpha value is -1.41. The zero-order valence-electron chi connectivity index (χ0n) is 12.9. The highest BCUT2D eigenvalue weighted by molar-refractivity contribution is 7.89. The highest BCUT2D eigenvalue weighted by Crippen LogP contribution is 2.28. The summed E-state index contributed by atoms with van der Waals surface area (Å²) in [5, 5.41) is 3.73. The van der Waals surface area contributed by atoms with Gasteiger partial charge in [0.05, 0.1) is 0 Å². The first-order chi connectivity index (χ1) is 10.4. The van der Waals surface area contributed by atoms with Crippen LogP contribution in [-0.2, 0) is 14.8 Å². The number of sulfonamides is 1. The van der Waals surface area contributed by atoms with E-state index in [4.69, 9.17) is 4.52 Å². The van der Waals surface area contributed by atoms with Gasteiger partial charge in [-0.2, -0.15) is 4.31 Å². The SMILES string of the molecule is Cc1noc(C)c1S(=O)(=O)N1CCC(N2CCCC2=O)CC1. The molecular formula is C14H21N3O4S. The van der Waals surface area contributed by atoms with Crippen LogP contribution in [-0.4, -0.2) is 54.4 Å². The van der Waals surface area contributed by atoms with E-state index >= 15 is 0 Å². The van der Waals surface area contributed by atoms with Crippen LogP contribution in [0.3, 0.4) is 0 Å². The van der Waals surface area contributed by atoms with E-state index in [0.29, 0.717) is 43.8 Å². The predicted molar refractivity (Wildman–Crippen MR) is 78.7 cm³/mol. The van der Waals surface area contributed by atoms with Crippen LogP contribution in [0.1, 0.15) is 37.1 Å². The summed E-state index contributed by atoms with van der Waals surface area (Å²) in [5.74, 6) is 0.529. The van der Waals surface area contributed by atoms with Crippen LogP contribution in [0.2, 0.25) is 0 Å². The van der Waals surface area contributed by atoms with Gasteiger partial charge in [-0.3, -0.25) is 4.79 Å². The minimum absolute atomic E-state index is 0.172. The van der Waals surface area contributed by atoms with E-state index < -0.39 is 10.0 Å². The molecule has 2 aliphatic heterocycles. The Bertz CT molecular complexity index is 655. The van der Waals surface area contributed by atoms with Crippen LogP contribution in [0, 0.1) is 13.8 Å². The fourth-order valence-corrected chi connectivity index (χ4v) is 5.18. The molecule has 22 heavy (non-hydrogen) atoms. The van der Waals surface area contributed by atoms with E-state index in [1.807, 2.05) is 4.90 Å². The third-order valence-corrected chi connectivity index (χ3v) is 6.68. The molecule has 1 aromatic heterocycles. The van der Waals surface area contributed by atoms with Gasteiger partial charge in [0, 0.05) is 32.1 Å². The molecule has 0 radical (unpaired) electrons. The van der Waals surface area contributed by atoms with Crippen LogP contribution in [0.5, 0.6) is 0 Å². The van der Waals surface area contributed by atoms with E-state index in [2.05, 4.69) is 5.16 Å². The molecule has 0 unspecified atom stereocenters. The number of hydrogen-bond donors (Lipinski definition) is 0. The summed E-state index contributed by atoms with van der Waals surface area (Å²) in [6.07, 6.45) is 2.91. The number of nitrogens with zero attached hydrogens (tertiary/aromatic N) is 3. The molecule has 2 saturated heterocycles. The van der Waals surface area contributed by atoms with Crippen LogP contribution in [0.4, 0.5) is 0 Å². The number of carbonyl (C=O) groups is 1. The first-order valence-electron chi connectivity index (χ1n) is 7.63. The smallest absolute Gasteiger partial charge is 0.248 e. The Morgan fingerprint density at radius 2 is 1.86 bits per heavy atom. The van der Waals surface area contributed by atoms with Gasteiger partial charge in [0.1, 0.15) is 10.6 Å². The third-order valence-electron chi connectivity index (χ3n) is 4.54. The normalized spacial score (nSPS) is 21.7. The van der Waals surface area contributed by atoms with Gasteiger partial charge in [-0.15, -0.1) is 0 Å². The molecule has 122 valence electrons. The molecule has 7 nitrogen and oxygen atoms in total. The third kappa shape index (κ3) is 2.54. The lowest BCUT2D eigenvalue weighted by atomic mass is 10.1. The molecular weight excluding hydrogens is 306 g/mol. The van der Waals surface area contributed by atoms with Crippen LogP contribution in [0.25, 0.3) is 0 Å². The molecule has 2 aliphatic rings. The van der Waals surface area contributed by atoms with Crippen molar-refractivity contribution in [3.63, 3.8) is 0 Å². The topological polar surface area (TPSA) is 83.7 Å². The van der Waals surface area contributed by atoms with Crippen molar-refractivity contribution in [2.45, 2.75) is 50.5 Å². The quantitative estimate of drug-likeness (QED) is 0.829. The van der Waals surface area contributed by atoms with Gasteiger partial charge in [-0.05, 0) is 33.1 Å². The lowest BCUT2D eigenvalue weighted by Crippen LogP contribution is -2.47. The summed E-state index contributed by atoms with van der Waals surface area (Å²) >= 11 is 0. The van der Waals surface area contributed by atoms with E-state index in [9.17, 15) is 13.2 Å². The Kier molecular flexibility index (Phi) is 3.98. The summed E-state index contributed by atoms with van der Waals surface area (Å²) in [7, 11) is -3.57. The van der Waals surface area contributed by atoms with Crippen molar-refractivity contribution in [1.82, 2.24) is 14.4 Å². The number of likely N-dealkylation sites (tertiary alicyclic amines) is 1. The van der Waals surface area contributed by atoms with Gasteiger partial charge in [-0.1, -0.05) is 5.16 Å². The fraction of sp³-hybridized carbons (Fsp3) is 0.714. The molecule has 8 heteroatoms. The second-order valence-electron chi connectivity index (χ2n) is 5.98. The van der Waals surface area contributed by atoms with Crippen LogP contribution < -0.4 is 0 Å². The van der Waals surface area contributed by atoms with Crippen LogP contribution in [0.15, 0.2) is 9.42 Å². The molecule has 0 spiro atoms. The molecule has 0 atom stereocenters. The molecule has 2 fully saturated rings. The lowest BCUT2D eigenvalue weighted by Gasteiger charge is -2.35. The summed E-state index contributed by atoms with van der Waals surface area (Å²) in [6, 6.07) is 0.172. The minimum atomic E-state index is -3.57. The number of amides is 1. The maximum Gasteiger partial charge on any atom is 0.248 e. The Balaban J connectivity index is 1.72. The number of piperidine rings is 1. The molecule has 0 saturated carbocycles. The van der Waals surface area contributed by atoms with Crippen molar-refractivity contribution >= 4 is 15.9 Å². The molecule has 3 rings (SSSR count). The molecule has 1 amide bonds. The fourth-order valence-electron chi connectivity index (χ4n) is 3.42. The second-order valence-corrected chi connectivity index (χ2v) is 7.85. The molecule has 3 heterocycles. The monoisotopic (exact) mass is 327 g/mol. The molecule has 1 aromatic rings. The van der Waals surface area contributed by atoms with Gasteiger partial charge >= 0.3 is 0 Å². The molecule has 0 aliphatic carbocycles. The Morgan fingerprint density at radius 3 is 2.36 bits per heavy atom. The number of hydrogen-bond acceptors (Lipinski definition) is 5. The van der Waals surface area contributed by atoms with Crippen molar-refractivity contribution in [3.8, 4) is 0 Å². The number of rotatable bonds is 3. The zero-order chi connectivity index (χ0) is 15.9. The van der Waals surface area contributed by atoms with E-state index in [1.165, 1.54) is 4.31 Å². The maximum atomic E-state index is 12.7. The van der Waals surface area contributed by atoms with Gasteiger partial charge in [0.15, 0.2) is 5.76 Å². The van der Waals surface area contributed by atoms with E-state index in [1.54, 1.807) is 13.8 Å². The first kappa shape index (κ1) is 15.5. The summed E-state index contributed by atoms with van der Waals surface area (Å²) in [4.78, 5) is 13.9. The first-order valence-corrected chi connectivity index (χ1v) is 9.08. The molecule has 0 aromatic carbocycles. The van der Waals surface area contributed by atoms with Crippen molar-refractivity contribution in [1.29, 1.82) is 0 Å². The van der Waals surface area contributed by atoms with Crippen molar-refractivity contribution in [2.24, 2.45) is 0 Å². The number of carbonyl (C=O) groups excluding carboxylic acids is 1. The van der Waals surface area contributed by atoms with Crippen molar-refractivity contribution in [3.05, 3.63) is 11.5 Å². The Morgan fingerprint density at radius 1 is 1.18 bits per heavy atom. The van der Waals surface area contributed by atoms with Gasteiger partial charge < -0.3 is 9.42 Å². The standard InChI is InChI=1S/C14H21N3O4S/c1-10-14(11(2)21-15-10)22(19,20)16-8-5-12(6-9-16)17-7-3-4-13(17)18/h12H,3-9H2,1-2H3. The minimum Gasteiger partial charge on any atom is -0.360 e. The predicted octanol–water partition coefficient (Wildman–Crippen LogP) is 1.07. The van der Waals surface area contributed by atoms with Crippen molar-refractivity contribution in [2.75, 3.05) is 19.6 Å². The van der Waals surface area contributed by atoms with Crippen LogP contribution >= 0.6 is 0 Å². The average molecular weight is 327 g/mol. The van der Waals surface area contributed by atoms with Gasteiger partial charge in [0.2, 0.25) is 15.9 Å². The largest absolute Gasteiger partial charge is 0.360 e. The highest BCUT2D eigenvalue weighted by Gasteiger charge is 2.36. The molecule has 0 bridgehead atoms. The summed E-state index contributed by atoms with van der Waals surface area (Å²) in [5.41, 5.74) is 0.398. The summed E-state index contributed by atoms with van der Waals surface area (Å²) in [6.45, 7) is 4.92. The van der Waals surface area contributed by atoms with Gasteiger partial charge in [0.25, 0.3) is 0 Å². The number of aryl methyl sites for hydroxylation is 2. The zero-order valence-corrected chi connectivity index (χ0v) is 13.7. The summed E-state index contributed by atoms with van der Waals surface area (Å²) < 4.78 is 31.9. The molecule has 0 N–H and O–H groups in total. The number of aromatic nitrogens is 1. The highest BCUT2D eigenvalue weighted by atomic mass is 32.2. The lowest BCUT2D eigenvalue weighted by molar-refractivity contribution is -0.130. The van der Waals surface area contributed by atoms with E-state index in [-0.39, 0.29) is 16.8 Å². The second kappa shape index (κ2) is 5.66.